The van der Waals surface area contributed by atoms with Crippen molar-refractivity contribution < 1.29 is 15.0 Å². The Kier molecular flexibility index (Phi) is 10.1. The molecule has 4 nitrogen and oxygen atoms in total. The Balaban J connectivity index is 0.000000709. The van der Waals surface area contributed by atoms with E-state index in [4.69, 9.17) is 5.11 Å². The van der Waals surface area contributed by atoms with Crippen molar-refractivity contribution in [2.24, 2.45) is 0 Å². The van der Waals surface area contributed by atoms with Gasteiger partial charge in [-0.05, 0) is 31.7 Å². The number of carbonyl (C=O) groups is 1. The van der Waals surface area contributed by atoms with Crippen LogP contribution in [0.3, 0.4) is 0 Å². The Morgan fingerprint density at radius 1 is 1.22 bits per heavy atom. The average Bonchev–Trinajstić information content (AvgIpc) is 2.56. The summed E-state index contributed by atoms with van der Waals surface area (Å²) >= 11 is 0. The maximum absolute atomic E-state index is 10.7. The molecule has 1 aliphatic heterocycles. The number of nitrogens with zero attached hydrogens (tertiary/aromatic N) is 1. The minimum absolute atomic E-state index is 0. The molecule has 0 aliphatic carbocycles. The van der Waals surface area contributed by atoms with Gasteiger partial charge in [-0.3, -0.25) is 4.79 Å². The van der Waals surface area contributed by atoms with Crippen LogP contribution >= 0.6 is 12.4 Å². The first-order valence-corrected chi connectivity index (χ1v) is 8.16. The van der Waals surface area contributed by atoms with Gasteiger partial charge in [0.2, 0.25) is 0 Å². The number of benzene rings is 1. The molecule has 23 heavy (non-hydrogen) atoms. The molecule has 5 heteroatoms. The molecule has 0 spiro atoms. The minimum Gasteiger partial charge on any atom is -0.481 e. The van der Waals surface area contributed by atoms with E-state index in [0.29, 0.717) is 6.04 Å². The van der Waals surface area contributed by atoms with Gasteiger partial charge in [-0.25, -0.2) is 0 Å². The monoisotopic (exact) mass is 343 g/mol. The van der Waals surface area contributed by atoms with Gasteiger partial charge in [-0.15, -0.1) is 12.4 Å². The number of aliphatic hydroxyl groups is 1. The van der Waals surface area contributed by atoms with Crippen LogP contribution in [0.15, 0.2) is 30.3 Å². The highest BCUT2D eigenvalue weighted by Gasteiger charge is 2.34. The zero-order chi connectivity index (χ0) is 16.6. The minimum atomic E-state index is -0.745. The third-order valence-electron chi connectivity index (χ3n) is 4.45. The van der Waals surface area contributed by atoms with Crippen molar-refractivity contribution in [1.82, 2.24) is 4.90 Å². The van der Waals surface area contributed by atoms with Crippen LogP contribution in [0.4, 0.5) is 0 Å². The number of rotatable bonds is 4. The smallest absolute Gasteiger partial charge is 0.303 e. The lowest BCUT2D eigenvalue weighted by atomic mass is 9.84. The standard InChI is InChI=1S/C15H23NO.C3H6O2.ClH/c1-3-13(2)16-11-9-15(17,10-12-16)14-7-5-4-6-8-14;1-2-3(4)5;/h4-8,13,17H,3,9-12H2,1-2H3;2H2,1H3,(H,4,5);1H. The first-order valence-electron chi connectivity index (χ1n) is 8.16. The molecule has 2 rings (SSSR count). The van der Waals surface area contributed by atoms with Crippen LogP contribution in [-0.2, 0) is 10.4 Å². The first kappa shape index (κ1) is 21.9. The second kappa shape index (κ2) is 10.6. The molecule has 0 aromatic heterocycles. The molecule has 0 radical (unpaired) electrons. The second-order valence-corrected chi connectivity index (χ2v) is 5.94. The number of carboxylic acids is 1. The van der Waals surface area contributed by atoms with E-state index in [0.717, 1.165) is 31.5 Å². The van der Waals surface area contributed by atoms with Gasteiger partial charge in [0.15, 0.2) is 0 Å². The Morgan fingerprint density at radius 3 is 2.09 bits per heavy atom. The molecule has 1 aromatic carbocycles. The number of hydrogen-bond donors (Lipinski definition) is 2. The fraction of sp³-hybridized carbons (Fsp3) is 0.611. The summed E-state index contributed by atoms with van der Waals surface area (Å²) in [5, 5.41) is 18.4. The molecule has 132 valence electrons. The van der Waals surface area contributed by atoms with Gasteiger partial charge in [0.05, 0.1) is 5.60 Å². The van der Waals surface area contributed by atoms with Crippen molar-refractivity contribution >= 4 is 18.4 Å². The molecule has 1 unspecified atom stereocenters. The molecule has 0 bridgehead atoms. The molecular formula is C18H30ClNO3. The van der Waals surface area contributed by atoms with Gasteiger partial charge >= 0.3 is 5.97 Å². The van der Waals surface area contributed by atoms with Crippen LogP contribution in [-0.4, -0.2) is 40.2 Å². The van der Waals surface area contributed by atoms with Crippen LogP contribution in [0.25, 0.3) is 0 Å². The quantitative estimate of drug-likeness (QED) is 0.875. The number of aliphatic carboxylic acids is 1. The van der Waals surface area contributed by atoms with Crippen molar-refractivity contribution in [3.63, 3.8) is 0 Å². The zero-order valence-corrected chi connectivity index (χ0v) is 15.2. The average molecular weight is 344 g/mol. The Morgan fingerprint density at radius 2 is 1.70 bits per heavy atom. The molecule has 2 N–H and O–H groups in total. The number of halogens is 1. The molecule has 0 saturated carbocycles. The lowest BCUT2D eigenvalue weighted by Gasteiger charge is -2.41. The molecule has 1 fully saturated rings. The van der Waals surface area contributed by atoms with Gasteiger partial charge in [0, 0.05) is 25.6 Å². The van der Waals surface area contributed by atoms with Crippen LogP contribution in [0.5, 0.6) is 0 Å². The van der Waals surface area contributed by atoms with E-state index in [-0.39, 0.29) is 18.8 Å². The van der Waals surface area contributed by atoms with Crippen LogP contribution in [0, 0.1) is 0 Å². The van der Waals surface area contributed by atoms with E-state index in [2.05, 4.69) is 18.7 Å². The third kappa shape index (κ3) is 6.90. The summed E-state index contributed by atoms with van der Waals surface area (Å²) < 4.78 is 0. The molecule has 1 heterocycles. The molecule has 1 aliphatic rings. The highest BCUT2D eigenvalue weighted by molar-refractivity contribution is 5.85. The van der Waals surface area contributed by atoms with Crippen LogP contribution < -0.4 is 0 Å². The number of hydrogen-bond acceptors (Lipinski definition) is 3. The van der Waals surface area contributed by atoms with Crippen LogP contribution in [0.2, 0.25) is 0 Å². The highest BCUT2D eigenvalue weighted by Crippen LogP contribution is 2.33. The van der Waals surface area contributed by atoms with E-state index in [1.807, 2.05) is 30.3 Å². The fourth-order valence-corrected chi connectivity index (χ4v) is 2.63. The largest absolute Gasteiger partial charge is 0.481 e. The summed E-state index contributed by atoms with van der Waals surface area (Å²) in [6.07, 6.45) is 3.10. The van der Waals surface area contributed by atoms with Gasteiger partial charge in [-0.2, -0.15) is 0 Å². The Labute approximate surface area is 145 Å². The zero-order valence-electron chi connectivity index (χ0n) is 14.4. The molecular weight excluding hydrogens is 314 g/mol. The van der Waals surface area contributed by atoms with E-state index < -0.39 is 11.6 Å². The second-order valence-electron chi connectivity index (χ2n) is 5.94. The number of likely N-dealkylation sites (tertiary alicyclic amines) is 1. The van der Waals surface area contributed by atoms with Crippen molar-refractivity contribution in [3.8, 4) is 0 Å². The van der Waals surface area contributed by atoms with Gasteiger partial charge < -0.3 is 15.1 Å². The summed E-state index contributed by atoms with van der Waals surface area (Å²) in [6.45, 7) is 8.10. The van der Waals surface area contributed by atoms with E-state index in [9.17, 15) is 9.90 Å². The SMILES string of the molecule is CCC(=O)O.CCC(C)N1CCC(O)(c2ccccc2)CC1.Cl. The third-order valence-corrected chi connectivity index (χ3v) is 4.45. The highest BCUT2D eigenvalue weighted by atomic mass is 35.5. The summed E-state index contributed by atoms with van der Waals surface area (Å²) in [5.41, 5.74) is 0.467. The maximum Gasteiger partial charge on any atom is 0.303 e. The predicted molar refractivity (Wildman–Crippen MR) is 96.1 cm³/mol. The van der Waals surface area contributed by atoms with Crippen molar-refractivity contribution in [2.75, 3.05) is 13.1 Å². The molecule has 1 atom stereocenters. The molecule has 1 aromatic rings. The van der Waals surface area contributed by atoms with Crippen molar-refractivity contribution in [3.05, 3.63) is 35.9 Å². The van der Waals surface area contributed by atoms with Gasteiger partial charge in [-0.1, -0.05) is 44.2 Å². The molecule has 1 saturated heterocycles. The van der Waals surface area contributed by atoms with E-state index in [1.54, 1.807) is 6.92 Å². The Hall–Kier alpha value is -1.10. The normalized spacial score (nSPS) is 18.1. The molecule has 0 amide bonds. The van der Waals surface area contributed by atoms with E-state index in [1.165, 1.54) is 6.42 Å². The summed E-state index contributed by atoms with van der Waals surface area (Å²) in [6, 6.07) is 10.7. The summed E-state index contributed by atoms with van der Waals surface area (Å²) in [7, 11) is 0. The summed E-state index contributed by atoms with van der Waals surface area (Å²) in [4.78, 5) is 11.9. The van der Waals surface area contributed by atoms with Crippen LogP contribution in [0.1, 0.15) is 52.0 Å². The van der Waals surface area contributed by atoms with Crippen molar-refractivity contribution in [1.29, 1.82) is 0 Å². The van der Waals surface area contributed by atoms with Gasteiger partial charge in [0.1, 0.15) is 0 Å². The Bertz CT molecular complexity index is 445. The van der Waals surface area contributed by atoms with Crippen molar-refractivity contribution in [2.45, 2.75) is 58.1 Å². The summed E-state index contributed by atoms with van der Waals surface area (Å²) in [5.74, 6) is -0.745. The fourth-order valence-electron chi connectivity index (χ4n) is 2.63. The maximum atomic E-state index is 10.7. The lowest BCUT2D eigenvalue weighted by molar-refractivity contribution is -0.136. The first-order chi connectivity index (χ1) is 10.4. The topological polar surface area (TPSA) is 60.8 Å². The van der Waals surface area contributed by atoms with Gasteiger partial charge in [0.25, 0.3) is 0 Å². The lowest BCUT2D eigenvalue weighted by Crippen LogP contribution is -2.45. The predicted octanol–water partition coefficient (Wildman–Crippen LogP) is 3.67. The van der Waals surface area contributed by atoms with E-state index >= 15 is 0 Å². The number of carboxylic acid groups (broad SMARTS) is 1. The number of piperidine rings is 1.